The average molecular weight is 258 g/mol. The lowest BCUT2D eigenvalue weighted by Gasteiger charge is -2.13. The predicted molar refractivity (Wildman–Crippen MR) is 79.4 cm³/mol. The Bertz CT molecular complexity index is 513. The Morgan fingerprint density at radius 1 is 1.32 bits per heavy atom. The summed E-state index contributed by atoms with van der Waals surface area (Å²) in [7, 11) is 1.73. The molecule has 0 aliphatic carbocycles. The van der Waals surface area contributed by atoms with Crippen LogP contribution in [0.3, 0.4) is 0 Å². The number of hydrogen-bond acceptors (Lipinski definition) is 3. The molecule has 2 rings (SSSR count). The van der Waals surface area contributed by atoms with Crippen molar-refractivity contribution in [2.24, 2.45) is 5.92 Å². The molecular formula is C16H22N2O. The van der Waals surface area contributed by atoms with E-state index in [4.69, 9.17) is 4.74 Å². The standard InChI is InChI=1S/C16H22N2O/c1-13(12-17-8-9-19-2)10-14-5-6-15-4-3-7-18-16(15)11-14/h3-7,11,13,17H,8-10,12H2,1-2H3. The summed E-state index contributed by atoms with van der Waals surface area (Å²) < 4.78 is 5.02. The molecule has 1 N–H and O–H groups in total. The van der Waals surface area contributed by atoms with Crippen molar-refractivity contribution in [2.45, 2.75) is 13.3 Å². The van der Waals surface area contributed by atoms with Crippen molar-refractivity contribution >= 4 is 10.9 Å². The highest BCUT2D eigenvalue weighted by Gasteiger charge is 2.04. The van der Waals surface area contributed by atoms with Crippen LogP contribution in [0, 0.1) is 5.92 Å². The normalized spacial score (nSPS) is 12.7. The van der Waals surface area contributed by atoms with Gasteiger partial charge in [0.2, 0.25) is 0 Å². The molecule has 0 amide bonds. The van der Waals surface area contributed by atoms with Gasteiger partial charge in [0.25, 0.3) is 0 Å². The highest BCUT2D eigenvalue weighted by atomic mass is 16.5. The number of ether oxygens (including phenoxy) is 1. The summed E-state index contributed by atoms with van der Waals surface area (Å²) in [6, 6.07) is 10.6. The van der Waals surface area contributed by atoms with Crippen LogP contribution >= 0.6 is 0 Å². The van der Waals surface area contributed by atoms with Crippen molar-refractivity contribution in [1.29, 1.82) is 0 Å². The van der Waals surface area contributed by atoms with E-state index in [0.717, 1.165) is 31.6 Å². The molecule has 0 fully saturated rings. The van der Waals surface area contributed by atoms with Gasteiger partial charge in [-0.3, -0.25) is 4.98 Å². The third kappa shape index (κ3) is 4.30. The van der Waals surface area contributed by atoms with Gasteiger partial charge in [-0.1, -0.05) is 25.1 Å². The zero-order chi connectivity index (χ0) is 13.5. The summed E-state index contributed by atoms with van der Waals surface area (Å²) >= 11 is 0. The molecule has 1 atom stereocenters. The van der Waals surface area contributed by atoms with E-state index in [1.165, 1.54) is 10.9 Å². The van der Waals surface area contributed by atoms with Gasteiger partial charge in [0.05, 0.1) is 12.1 Å². The fourth-order valence-corrected chi connectivity index (χ4v) is 2.24. The van der Waals surface area contributed by atoms with Crippen molar-refractivity contribution in [3.63, 3.8) is 0 Å². The number of nitrogens with one attached hydrogen (secondary N) is 1. The Hall–Kier alpha value is -1.45. The van der Waals surface area contributed by atoms with E-state index in [-0.39, 0.29) is 0 Å². The molecule has 3 nitrogen and oxygen atoms in total. The lowest BCUT2D eigenvalue weighted by atomic mass is 10.00. The average Bonchev–Trinajstić information content (AvgIpc) is 2.43. The molecule has 0 bridgehead atoms. The fraction of sp³-hybridized carbons (Fsp3) is 0.438. The summed E-state index contributed by atoms with van der Waals surface area (Å²) in [5, 5.41) is 4.61. The quantitative estimate of drug-likeness (QED) is 0.775. The molecule has 1 heterocycles. The van der Waals surface area contributed by atoms with Crippen molar-refractivity contribution in [3.8, 4) is 0 Å². The van der Waals surface area contributed by atoms with Gasteiger partial charge in [-0.05, 0) is 36.6 Å². The predicted octanol–water partition coefficient (Wildman–Crippen LogP) is 2.65. The first kappa shape index (κ1) is 14.0. The van der Waals surface area contributed by atoms with Gasteiger partial charge in [0.15, 0.2) is 0 Å². The monoisotopic (exact) mass is 258 g/mol. The molecule has 0 saturated carbocycles. The van der Waals surface area contributed by atoms with Crippen LogP contribution in [0.1, 0.15) is 12.5 Å². The third-order valence-electron chi connectivity index (χ3n) is 3.23. The number of methoxy groups -OCH3 is 1. The Kier molecular flexibility index (Phi) is 5.31. The van der Waals surface area contributed by atoms with Crippen molar-refractivity contribution in [2.75, 3.05) is 26.8 Å². The van der Waals surface area contributed by atoms with Gasteiger partial charge in [-0.2, -0.15) is 0 Å². The molecule has 19 heavy (non-hydrogen) atoms. The van der Waals surface area contributed by atoms with E-state index in [9.17, 15) is 0 Å². The van der Waals surface area contributed by atoms with Crippen LogP contribution in [0.15, 0.2) is 36.5 Å². The first-order valence-corrected chi connectivity index (χ1v) is 6.83. The lowest BCUT2D eigenvalue weighted by Crippen LogP contribution is -2.25. The Morgan fingerprint density at radius 2 is 2.21 bits per heavy atom. The molecule has 0 radical (unpaired) electrons. The van der Waals surface area contributed by atoms with Crippen LogP contribution in [-0.2, 0) is 11.2 Å². The topological polar surface area (TPSA) is 34.1 Å². The second kappa shape index (κ2) is 7.22. The van der Waals surface area contributed by atoms with Crippen molar-refractivity contribution < 1.29 is 4.74 Å². The number of pyridine rings is 1. The Labute approximate surface area is 115 Å². The zero-order valence-electron chi connectivity index (χ0n) is 11.7. The number of rotatable bonds is 7. The van der Waals surface area contributed by atoms with E-state index < -0.39 is 0 Å². The summed E-state index contributed by atoms with van der Waals surface area (Å²) in [6.45, 7) is 4.97. The molecule has 3 heteroatoms. The van der Waals surface area contributed by atoms with E-state index in [1.54, 1.807) is 7.11 Å². The Balaban J connectivity index is 1.89. The van der Waals surface area contributed by atoms with E-state index in [0.29, 0.717) is 5.92 Å². The summed E-state index contributed by atoms with van der Waals surface area (Å²) in [5.74, 6) is 0.609. The van der Waals surface area contributed by atoms with Crippen LogP contribution < -0.4 is 5.32 Å². The second-order valence-electron chi connectivity index (χ2n) is 5.04. The highest BCUT2D eigenvalue weighted by Crippen LogP contribution is 2.15. The minimum atomic E-state index is 0.609. The van der Waals surface area contributed by atoms with E-state index in [2.05, 4.69) is 41.5 Å². The maximum Gasteiger partial charge on any atom is 0.0704 e. The number of fused-ring (bicyclic) bond motifs is 1. The molecule has 0 saturated heterocycles. The second-order valence-corrected chi connectivity index (χ2v) is 5.04. The molecule has 1 aromatic heterocycles. The maximum atomic E-state index is 5.02. The fourth-order valence-electron chi connectivity index (χ4n) is 2.24. The van der Waals surface area contributed by atoms with Gasteiger partial charge in [-0.25, -0.2) is 0 Å². The van der Waals surface area contributed by atoms with Gasteiger partial charge in [0.1, 0.15) is 0 Å². The smallest absolute Gasteiger partial charge is 0.0704 e. The van der Waals surface area contributed by atoms with Crippen LogP contribution in [0.2, 0.25) is 0 Å². The first-order valence-electron chi connectivity index (χ1n) is 6.83. The molecule has 2 aromatic rings. The van der Waals surface area contributed by atoms with E-state index >= 15 is 0 Å². The largest absolute Gasteiger partial charge is 0.383 e. The summed E-state index contributed by atoms with van der Waals surface area (Å²) in [5.41, 5.74) is 2.44. The Morgan fingerprint density at radius 3 is 3.05 bits per heavy atom. The van der Waals surface area contributed by atoms with Gasteiger partial charge >= 0.3 is 0 Å². The molecule has 1 unspecified atom stereocenters. The zero-order valence-corrected chi connectivity index (χ0v) is 11.7. The van der Waals surface area contributed by atoms with Gasteiger partial charge < -0.3 is 10.1 Å². The lowest BCUT2D eigenvalue weighted by molar-refractivity contribution is 0.198. The molecule has 1 aromatic carbocycles. The van der Waals surface area contributed by atoms with E-state index in [1.807, 2.05) is 12.3 Å². The molecular weight excluding hydrogens is 236 g/mol. The van der Waals surface area contributed by atoms with Crippen LogP contribution in [0.4, 0.5) is 0 Å². The third-order valence-corrected chi connectivity index (χ3v) is 3.23. The first-order chi connectivity index (χ1) is 9.29. The van der Waals surface area contributed by atoms with Gasteiger partial charge in [0, 0.05) is 25.2 Å². The number of nitrogens with zero attached hydrogens (tertiary/aromatic N) is 1. The molecule has 0 aliphatic heterocycles. The highest BCUT2D eigenvalue weighted by molar-refractivity contribution is 5.78. The molecule has 0 spiro atoms. The van der Waals surface area contributed by atoms with Gasteiger partial charge in [-0.15, -0.1) is 0 Å². The number of hydrogen-bond donors (Lipinski definition) is 1. The number of benzene rings is 1. The van der Waals surface area contributed by atoms with Crippen molar-refractivity contribution in [1.82, 2.24) is 10.3 Å². The maximum absolute atomic E-state index is 5.02. The minimum Gasteiger partial charge on any atom is -0.383 e. The van der Waals surface area contributed by atoms with Crippen LogP contribution in [0.25, 0.3) is 10.9 Å². The summed E-state index contributed by atoms with van der Waals surface area (Å²) in [6.07, 6.45) is 2.92. The number of aromatic nitrogens is 1. The summed E-state index contributed by atoms with van der Waals surface area (Å²) in [4.78, 5) is 4.40. The molecule has 0 aliphatic rings. The SMILES string of the molecule is COCCNCC(C)Cc1ccc2cccnc2c1. The molecule has 102 valence electrons. The van der Waals surface area contributed by atoms with Crippen LogP contribution in [0.5, 0.6) is 0 Å². The van der Waals surface area contributed by atoms with Crippen LogP contribution in [-0.4, -0.2) is 31.8 Å². The minimum absolute atomic E-state index is 0.609. The van der Waals surface area contributed by atoms with Crippen molar-refractivity contribution in [3.05, 3.63) is 42.1 Å².